The van der Waals surface area contributed by atoms with Gasteiger partial charge in [0.05, 0.1) is 26.9 Å². The van der Waals surface area contributed by atoms with Crippen LogP contribution < -0.4 is 14.8 Å². The molecule has 0 amide bonds. The van der Waals surface area contributed by atoms with E-state index in [1.54, 1.807) is 14.2 Å². The van der Waals surface area contributed by atoms with E-state index >= 15 is 0 Å². The summed E-state index contributed by atoms with van der Waals surface area (Å²) in [6, 6.07) is 5.86. The Hall–Kier alpha value is -1.26. The first-order chi connectivity index (χ1) is 8.65. The number of methoxy groups -OCH3 is 2. The van der Waals surface area contributed by atoms with Gasteiger partial charge in [0.15, 0.2) is 0 Å². The van der Waals surface area contributed by atoms with Gasteiger partial charge in [0, 0.05) is 19.2 Å². The molecule has 1 N–H and O–H groups in total. The monoisotopic (exact) mass is 253 g/mol. The van der Waals surface area contributed by atoms with Crippen molar-refractivity contribution in [1.82, 2.24) is 5.32 Å². The number of benzene rings is 1. The van der Waals surface area contributed by atoms with E-state index in [0.29, 0.717) is 0 Å². The lowest BCUT2D eigenvalue weighted by atomic mass is 10.2. The SMILES string of the molecule is COc1cc(CNCCOC(C)C)cc(OC)c1. The summed E-state index contributed by atoms with van der Waals surface area (Å²) in [6.07, 6.45) is 0.281. The Labute approximate surface area is 109 Å². The van der Waals surface area contributed by atoms with Crippen LogP contribution in [0.25, 0.3) is 0 Å². The van der Waals surface area contributed by atoms with Crippen molar-refractivity contribution < 1.29 is 14.2 Å². The molecular formula is C14H23NO3. The fourth-order valence-electron chi connectivity index (χ4n) is 1.57. The molecule has 102 valence electrons. The molecule has 0 aliphatic heterocycles. The zero-order chi connectivity index (χ0) is 13.4. The van der Waals surface area contributed by atoms with Crippen molar-refractivity contribution in [3.63, 3.8) is 0 Å². The average molecular weight is 253 g/mol. The topological polar surface area (TPSA) is 39.7 Å². The van der Waals surface area contributed by atoms with Crippen molar-refractivity contribution >= 4 is 0 Å². The van der Waals surface area contributed by atoms with Crippen molar-refractivity contribution in [2.24, 2.45) is 0 Å². The minimum atomic E-state index is 0.281. The van der Waals surface area contributed by atoms with Gasteiger partial charge in [-0.15, -0.1) is 0 Å². The molecule has 0 unspecified atom stereocenters. The van der Waals surface area contributed by atoms with Gasteiger partial charge in [0.25, 0.3) is 0 Å². The summed E-state index contributed by atoms with van der Waals surface area (Å²) in [5.41, 5.74) is 1.13. The van der Waals surface area contributed by atoms with Crippen LogP contribution in [0.4, 0.5) is 0 Å². The lowest BCUT2D eigenvalue weighted by molar-refractivity contribution is 0.0807. The number of hydrogen-bond acceptors (Lipinski definition) is 4. The molecule has 0 fully saturated rings. The normalized spacial score (nSPS) is 10.7. The summed E-state index contributed by atoms with van der Waals surface area (Å²) in [5.74, 6) is 1.62. The standard InChI is InChI=1S/C14H23NO3/c1-11(2)18-6-5-15-10-12-7-13(16-3)9-14(8-12)17-4/h7-9,11,15H,5-6,10H2,1-4H3. The molecule has 0 atom stereocenters. The highest BCUT2D eigenvalue weighted by Crippen LogP contribution is 2.22. The van der Waals surface area contributed by atoms with Gasteiger partial charge in [-0.25, -0.2) is 0 Å². The van der Waals surface area contributed by atoms with Gasteiger partial charge in [0.2, 0.25) is 0 Å². The van der Waals surface area contributed by atoms with Crippen molar-refractivity contribution in [3.05, 3.63) is 23.8 Å². The van der Waals surface area contributed by atoms with Gasteiger partial charge in [-0.3, -0.25) is 0 Å². The molecule has 0 radical (unpaired) electrons. The second-order valence-electron chi connectivity index (χ2n) is 4.32. The lowest BCUT2D eigenvalue weighted by Crippen LogP contribution is -2.21. The van der Waals surface area contributed by atoms with Gasteiger partial charge < -0.3 is 19.5 Å². The molecular weight excluding hydrogens is 230 g/mol. The summed E-state index contributed by atoms with van der Waals surface area (Å²) in [5, 5.41) is 3.32. The van der Waals surface area contributed by atoms with Crippen LogP contribution in [0.2, 0.25) is 0 Å². The molecule has 4 heteroatoms. The van der Waals surface area contributed by atoms with E-state index in [1.807, 2.05) is 32.0 Å². The van der Waals surface area contributed by atoms with Gasteiger partial charge in [0.1, 0.15) is 11.5 Å². The Morgan fingerprint density at radius 2 is 1.67 bits per heavy atom. The van der Waals surface area contributed by atoms with Crippen LogP contribution >= 0.6 is 0 Å². The van der Waals surface area contributed by atoms with Crippen molar-refractivity contribution in [2.75, 3.05) is 27.4 Å². The molecule has 0 heterocycles. The van der Waals surface area contributed by atoms with Crippen LogP contribution in [0.1, 0.15) is 19.4 Å². The summed E-state index contributed by atoms with van der Waals surface area (Å²) in [6.45, 7) is 6.39. The van der Waals surface area contributed by atoms with Crippen LogP contribution in [0, 0.1) is 0 Å². The van der Waals surface area contributed by atoms with E-state index in [4.69, 9.17) is 14.2 Å². The molecule has 0 spiro atoms. The smallest absolute Gasteiger partial charge is 0.122 e. The summed E-state index contributed by atoms with van der Waals surface area (Å²) in [4.78, 5) is 0. The first kappa shape index (κ1) is 14.8. The highest BCUT2D eigenvalue weighted by molar-refractivity contribution is 5.38. The largest absolute Gasteiger partial charge is 0.497 e. The number of ether oxygens (including phenoxy) is 3. The maximum absolute atomic E-state index is 5.46. The third-order valence-corrected chi connectivity index (χ3v) is 2.47. The molecule has 0 bridgehead atoms. The van der Waals surface area contributed by atoms with Crippen molar-refractivity contribution in [3.8, 4) is 11.5 Å². The first-order valence-corrected chi connectivity index (χ1v) is 6.20. The minimum Gasteiger partial charge on any atom is -0.497 e. The highest BCUT2D eigenvalue weighted by Gasteiger charge is 2.01. The summed E-state index contributed by atoms with van der Waals surface area (Å²) >= 11 is 0. The predicted octanol–water partition coefficient (Wildman–Crippen LogP) is 2.22. The molecule has 18 heavy (non-hydrogen) atoms. The maximum Gasteiger partial charge on any atom is 0.122 e. The Morgan fingerprint density at radius 3 is 2.17 bits per heavy atom. The molecule has 1 aromatic rings. The minimum absolute atomic E-state index is 0.281. The summed E-state index contributed by atoms with van der Waals surface area (Å²) < 4.78 is 15.9. The molecule has 0 aliphatic carbocycles. The van der Waals surface area contributed by atoms with Gasteiger partial charge in [-0.1, -0.05) is 0 Å². The van der Waals surface area contributed by atoms with E-state index in [2.05, 4.69) is 5.32 Å². The van der Waals surface area contributed by atoms with Crippen molar-refractivity contribution in [2.45, 2.75) is 26.5 Å². The van der Waals surface area contributed by atoms with E-state index in [9.17, 15) is 0 Å². The van der Waals surface area contributed by atoms with Gasteiger partial charge >= 0.3 is 0 Å². The highest BCUT2D eigenvalue weighted by atomic mass is 16.5. The molecule has 4 nitrogen and oxygen atoms in total. The van der Waals surface area contributed by atoms with Gasteiger partial charge in [-0.2, -0.15) is 0 Å². The van der Waals surface area contributed by atoms with E-state index in [1.165, 1.54) is 0 Å². The third-order valence-electron chi connectivity index (χ3n) is 2.47. The fourth-order valence-corrected chi connectivity index (χ4v) is 1.57. The van der Waals surface area contributed by atoms with Gasteiger partial charge in [-0.05, 0) is 31.5 Å². The lowest BCUT2D eigenvalue weighted by Gasteiger charge is -2.10. The Kier molecular flexibility index (Phi) is 6.54. The second kappa shape index (κ2) is 7.95. The Balaban J connectivity index is 2.41. The molecule has 0 aromatic heterocycles. The molecule has 1 aromatic carbocycles. The quantitative estimate of drug-likeness (QED) is 0.721. The van der Waals surface area contributed by atoms with Crippen molar-refractivity contribution in [1.29, 1.82) is 0 Å². The van der Waals surface area contributed by atoms with E-state index in [-0.39, 0.29) is 6.10 Å². The zero-order valence-electron chi connectivity index (χ0n) is 11.7. The predicted molar refractivity (Wildman–Crippen MR) is 72.3 cm³/mol. The first-order valence-electron chi connectivity index (χ1n) is 6.20. The zero-order valence-corrected chi connectivity index (χ0v) is 11.7. The molecule has 0 aliphatic rings. The van der Waals surface area contributed by atoms with E-state index in [0.717, 1.165) is 36.8 Å². The molecule has 1 rings (SSSR count). The fraction of sp³-hybridized carbons (Fsp3) is 0.571. The van der Waals surface area contributed by atoms with E-state index < -0.39 is 0 Å². The van der Waals surface area contributed by atoms with Crippen LogP contribution in [-0.4, -0.2) is 33.5 Å². The average Bonchev–Trinajstić information content (AvgIpc) is 2.37. The van der Waals surface area contributed by atoms with Crippen LogP contribution in [0.3, 0.4) is 0 Å². The number of rotatable bonds is 8. The third kappa shape index (κ3) is 5.38. The second-order valence-corrected chi connectivity index (χ2v) is 4.32. The van der Waals surface area contributed by atoms with Crippen LogP contribution in [-0.2, 0) is 11.3 Å². The molecule has 0 saturated heterocycles. The number of nitrogens with one attached hydrogen (secondary N) is 1. The van der Waals surface area contributed by atoms with Crippen LogP contribution in [0.5, 0.6) is 11.5 Å². The molecule has 0 saturated carbocycles. The Bertz CT molecular complexity index is 331. The maximum atomic E-state index is 5.46. The number of hydrogen-bond donors (Lipinski definition) is 1. The summed E-state index contributed by atoms with van der Waals surface area (Å²) in [7, 11) is 3.31. The van der Waals surface area contributed by atoms with Crippen LogP contribution in [0.15, 0.2) is 18.2 Å². The Morgan fingerprint density at radius 1 is 1.06 bits per heavy atom.